The van der Waals surface area contributed by atoms with Gasteiger partial charge in [-0.3, -0.25) is 9.69 Å². The van der Waals surface area contributed by atoms with Gasteiger partial charge in [0, 0.05) is 22.2 Å². The van der Waals surface area contributed by atoms with Crippen LogP contribution < -0.4 is 0 Å². The van der Waals surface area contributed by atoms with Crippen LogP contribution >= 0.6 is 35.6 Å². The Kier molecular flexibility index (Phi) is 6.40. The SMILES string of the molecule is Cl.O=C(O)C1CCN(Cc2c(Cl)cccc2Cl)CC1. The highest BCUT2D eigenvalue weighted by atomic mass is 35.5. The van der Waals surface area contributed by atoms with Gasteiger partial charge in [0.15, 0.2) is 0 Å². The average molecular weight is 325 g/mol. The van der Waals surface area contributed by atoms with Crippen LogP contribution in [0.3, 0.4) is 0 Å². The molecule has 1 aromatic carbocycles. The third kappa shape index (κ3) is 4.25. The maximum atomic E-state index is 10.9. The van der Waals surface area contributed by atoms with E-state index < -0.39 is 5.97 Å². The van der Waals surface area contributed by atoms with E-state index in [0.717, 1.165) is 18.7 Å². The molecular weight excluding hydrogens is 309 g/mol. The number of carboxylic acids is 1. The molecule has 1 heterocycles. The molecule has 1 fully saturated rings. The zero-order valence-corrected chi connectivity index (χ0v) is 12.6. The minimum Gasteiger partial charge on any atom is -0.481 e. The molecule has 0 aliphatic carbocycles. The number of aliphatic carboxylic acids is 1. The Morgan fingerprint density at radius 1 is 1.26 bits per heavy atom. The first kappa shape index (κ1) is 16.6. The van der Waals surface area contributed by atoms with Crippen LogP contribution in [0.2, 0.25) is 10.0 Å². The van der Waals surface area contributed by atoms with Crippen LogP contribution in [0.25, 0.3) is 0 Å². The number of benzene rings is 1. The van der Waals surface area contributed by atoms with Crippen molar-refractivity contribution in [3.63, 3.8) is 0 Å². The van der Waals surface area contributed by atoms with Crippen molar-refractivity contribution in [3.8, 4) is 0 Å². The molecule has 1 N–H and O–H groups in total. The van der Waals surface area contributed by atoms with Gasteiger partial charge in [-0.15, -0.1) is 12.4 Å². The van der Waals surface area contributed by atoms with Crippen molar-refractivity contribution in [2.75, 3.05) is 13.1 Å². The second kappa shape index (κ2) is 7.34. The molecule has 1 aliphatic heterocycles. The quantitative estimate of drug-likeness (QED) is 0.921. The molecule has 0 saturated carbocycles. The Hall–Kier alpha value is -0.480. The summed E-state index contributed by atoms with van der Waals surface area (Å²) in [6.07, 6.45) is 1.38. The molecule has 2 rings (SSSR count). The molecule has 106 valence electrons. The summed E-state index contributed by atoms with van der Waals surface area (Å²) in [6.45, 7) is 2.24. The van der Waals surface area contributed by atoms with Gasteiger partial charge in [0.25, 0.3) is 0 Å². The second-order valence-corrected chi connectivity index (χ2v) is 5.40. The highest BCUT2D eigenvalue weighted by molar-refractivity contribution is 6.35. The number of carboxylic acid groups (broad SMARTS) is 1. The summed E-state index contributed by atoms with van der Waals surface area (Å²) in [5, 5.41) is 10.3. The lowest BCUT2D eigenvalue weighted by molar-refractivity contribution is -0.143. The summed E-state index contributed by atoms with van der Waals surface area (Å²) in [5.41, 5.74) is 0.926. The Morgan fingerprint density at radius 2 is 1.79 bits per heavy atom. The third-order valence-corrected chi connectivity index (χ3v) is 4.09. The fourth-order valence-electron chi connectivity index (χ4n) is 2.25. The van der Waals surface area contributed by atoms with Crippen LogP contribution in [-0.2, 0) is 11.3 Å². The summed E-state index contributed by atoms with van der Waals surface area (Å²) < 4.78 is 0. The minimum atomic E-state index is -0.689. The fourth-order valence-corrected chi connectivity index (χ4v) is 2.76. The van der Waals surface area contributed by atoms with Crippen LogP contribution in [0.1, 0.15) is 18.4 Å². The first-order valence-electron chi connectivity index (χ1n) is 5.96. The van der Waals surface area contributed by atoms with E-state index in [0.29, 0.717) is 29.4 Å². The van der Waals surface area contributed by atoms with Crippen LogP contribution in [0.4, 0.5) is 0 Å². The van der Waals surface area contributed by atoms with E-state index in [4.69, 9.17) is 28.3 Å². The van der Waals surface area contributed by atoms with Crippen molar-refractivity contribution in [3.05, 3.63) is 33.8 Å². The number of halogens is 3. The summed E-state index contributed by atoms with van der Waals surface area (Å²) in [7, 11) is 0. The molecule has 0 unspecified atom stereocenters. The smallest absolute Gasteiger partial charge is 0.306 e. The van der Waals surface area contributed by atoms with Crippen LogP contribution in [0.5, 0.6) is 0 Å². The molecule has 3 nitrogen and oxygen atoms in total. The molecule has 0 amide bonds. The fraction of sp³-hybridized carbons (Fsp3) is 0.462. The number of nitrogens with zero attached hydrogens (tertiary/aromatic N) is 1. The molecule has 1 saturated heterocycles. The second-order valence-electron chi connectivity index (χ2n) is 4.59. The number of hydrogen-bond acceptors (Lipinski definition) is 2. The lowest BCUT2D eigenvalue weighted by Gasteiger charge is -2.30. The maximum Gasteiger partial charge on any atom is 0.306 e. The van der Waals surface area contributed by atoms with Crippen molar-refractivity contribution in [2.45, 2.75) is 19.4 Å². The monoisotopic (exact) mass is 323 g/mol. The number of carbonyl (C=O) groups is 1. The van der Waals surface area contributed by atoms with Gasteiger partial charge in [-0.1, -0.05) is 29.3 Å². The standard InChI is InChI=1S/C13H15Cl2NO2.ClH/c14-11-2-1-3-12(15)10(11)8-16-6-4-9(5-7-16)13(17)18;/h1-3,9H,4-8H2,(H,17,18);1H. The Morgan fingerprint density at radius 3 is 2.26 bits per heavy atom. The summed E-state index contributed by atoms with van der Waals surface area (Å²) in [4.78, 5) is 13.1. The molecule has 0 aromatic heterocycles. The number of hydrogen-bond donors (Lipinski definition) is 1. The number of piperidine rings is 1. The van der Waals surface area contributed by atoms with Crippen LogP contribution in [0.15, 0.2) is 18.2 Å². The van der Waals surface area contributed by atoms with E-state index in [2.05, 4.69) is 4.90 Å². The van der Waals surface area contributed by atoms with Crippen LogP contribution in [-0.4, -0.2) is 29.1 Å². The van der Waals surface area contributed by atoms with Crippen molar-refractivity contribution < 1.29 is 9.90 Å². The van der Waals surface area contributed by atoms with Gasteiger partial charge in [-0.2, -0.15) is 0 Å². The van der Waals surface area contributed by atoms with E-state index in [-0.39, 0.29) is 18.3 Å². The van der Waals surface area contributed by atoms with Gasteiger partial charge in [0.1, 0.15) is 0 Å². The van der Waals surface area contributed by atoms with E-state index in [9.17, 15) is 4.79 Å². The van der Waals surface area contributed by atoms with Crippen molar-refractivity contribution in [1.29, 1.82) is 0 Å². The largest absolute Gasteiger partial charge is 0.481 e. The van der Waals surface area contributed by atoms with Gasteiger partial charge >= 0.3 is 5.97 Å². The Labute approximate surface area is 128 Å². The molecule has 1 aliphatic rings. The molecule has 0 atom stereocenters. The summed E-state index contributed by atoms with van der Waals surface area (Å²) in [6, 6.07) is 5.48. The van der Waals surface area contributed by atoms with Crippen molar-refractivity contribution in [2.24, 2.45) is 5.92 Å². The average Bonchev–Trinajstić information content (AvgIpc) is 2.34. The minimum absolute atomic E-state index is 0. The normalized spacial score (nSPS) is 16.9. The third-order valence-electron chi connectivity index (χ3n) is 3.38. The van der Waals surface area contributed by atoms with Crippen LogP contribution in [0, 0.1) is 5.92 Å². The lowest BCUT2D eigenvalue weighted by Crippen LogP contribution is -2.35. The predicted molar refractivity (Wildman–Crippen MR) is 79.3 cm³/mol. The lowest BCUT2D eigenvalue weighted by atomic mass is 9.97. The zero-order chi connectivity index (χ0) is 13.1. The first-order valence-corrected chi connectivity index (χ1v) is 6.71. The van der Waals surface area contributed by atoms with Gasteiger partial charge < -0.3 is 5.11 Å². The predicted octanol–water partition coefficient (Wildman–Crippen LogP) is 3.71. The van der Waals surface area contributed by atoms with E-state index >= 15 is 0 Å². The molecule has 0 radical (unpaired) electrons. The van der Waals surface area contributed by atoms with Gasteiger partial charge in [-0.25, -0.2) is 0 Å². The molecular formula is C13H16Cl3NO2. The molecule has 0 bridgehead atoms. The van der Waals surface area contributed by atoms with Gasteiger partial charge in [-0.05, 0) is 38.1 Å². The van der Waals surface area contributed by atoms with Crippen molar-refractivity contribution >= 4 is 41.6 Å². The van der Waals surface area contributed by atoms with Crippen molar-refractivity contribution in [1.82, 2.24) is 4.90 Å². The molecule has 19 heavy (non-hydrogen) atoms. The molecule has 0 spiro atoms. The highest BCUT2D eigenvalue weighted by Gasteiger charge is 2.25. The summed E-state index contributed by atoms with van der Waals surface area (Å²) in [5.74, 6) is -0.895. The molecule has 1 aromatic rings. The Balaban J connectivity index is 0.00000180. The summed E-state index contributed by atoms with van der Waals surface area (Å²) >= 11 is 12.2. The maximum absolute atomic E-state index is 10.9. The topological polar surface area (TPSA) is 40.5 Å². The van der Waals surface area contributed by atoms with E-state index in [1.54, 1.807) is 0 Å². The van der Waals surface area contributed by atoms with Gasteiger partial charge in [0.2, 0.25) is 0 Å². The van der Waals surface area contributed by atoms with E-state index in [1.165, 1.54) is 0 Å². The van der Waals surface area contributed by atoms with E-state index in [1.807, 2.05) is 18.2 Å². The highest BCUT2D eigenvalue weighted by Crippen LogP contribution is 2.27. The number of rotatable bonds is 3. The number of likely N-dealkylation sites (tertiary alicyclic amines) is 1. The van der Waals surface area contributed by atoms with Gasteiger partial charge in [0.05, 0.1) is 5.92 Å². The Bertz CT molecular complexity index is 425. The molecule has 6 heteroatoms. The zero-order valence-electron chi connectivity index (χ0n) is 10.3. The first-order chi connectivity index (χ1) is 8.58.